The van der Waals surface area contributed by atoms with E-state index in [4.69, 9.17) is 10.8 Å². The van der Waals surface area contributed by atoms with Crippen LogP contribution < -0.4 is 11.1 Å². The number of aromatic nitrogens is 8. The fourth-order valence-corrected chi connectivity index (χ4v) is 35.4. The van der Waals surface area contributed by atoms with Gasteiger partial charge < -0.3 is 41.3 Å². The van der Waals surface area contributed by atoms with E-state index in [1.165, 1.54) is 166 Å². The predicted octanol–water partition coefficient (Wildman–Crippen LogP) is 20.1. The average molecular weight is 1990 g/mol. The number of rotatable bonds is 14. The number of ether oxygens (including phenoxy) is 1. The molecule has 0 bridgehead atoms. The standard InChI is InChI=1S/C27H41N3O3.C25H37N3O4.C25H39N3O2.C22H35BrO2.C4H6O3.C3H3N3O2.CH4O.CH4/c1-17(31)29-19-14-28-30(15-19)16-24(32)23-8-7-21-20-6-5-18-13-25(2,33)11-12-26(18,3)22(20)9-10-27(21,23)4;1-23(30)10-11-24(2)16(12-23)4-5-18-19-6-7-21(25(19,3)9-8-20(18)24)22(29)15-27-14-17(13-26-27)28(31)32;1-23(30)10-11-24(2)16(12-23)4-5-18-19-6-7-21(25(19,3)9-8-20(18)24)22(29)15-28-14-17(26)13-27-28;1-20(25)10-11-21(2)14(12-20)4-5-15-16-6-7-18(19(24)13-23)22(16,3)9-8-17(15)21;1-3(5)7-4(2)6;7-6(8)3-1-4-5-2-3;1-2;/h14-15,18,20-23,33H,5-13,16H2,1-4H3,(H,29,31);13-14,16,18-21,30H,4-12,15H2,1-3H3;13-14,16,18-21,30H,4-12,15,26H2,1-3H3;14-18,25H,4-13H2,1-3H3;1-2H3;1-2H,(H,4,5);2H,1H3;1H4/t18-,20-,21-,22-,23+,25+,26-,27-;2*16-,18-,19-,20-,21+,23+,24-,25-;14-,15-,16-,17-,18+,20+,21-,22-;;;;/m0000..../s1. The van der Waals surface area contributed by atoms with Crippen molar-refractivity contribution in [1.82, 2.24) is 39.5 Å². The molecule has 30 heteroatoms. The molecule has 0 spiro atoms. The molecule has 0 aromatic carbocycles. The number of ketones is 4. The number of H-pyrrole nitrogens is 1. The normalized spacial score (nSPS) is 42.6. The van der Waals surface area contributed by atoms with Crippen LogP contribution in [0.15, 0.2) is 49.6 Å². The van der Waals surface area contributed by atoms with Crippen molar-refractivity contribution in [3.05, 3.63) is 69.8 Å². The highest BCUT2D eigenvalue weighted by Crippen LogP contribution is 2.74. The molecule has 0 saturated heterocycles. The van der Waals surface area contributed by atoms with Crippen LogP contribution in [0.2, 0.25) is 0 Å². The first-order valence-electron chi connectivity index (χ1n) is 52.4. The SMILES string of the molecule is C.CC(=O)Nc1cnn(CC(=O)[C@H]2CC[C@H]3[C@@H]4CC[C@H]5C[C@](C)(O)CC[C@]5(C)[C@H]4CC[C@]23C)c1.CC(=O)OC(C)=O.CO.C[C@@]1(O)CC[C@@]2(C)[C@@H](CC[C@@H]3[C@@H]2CC[C@]2(C)[C@@H](C(=O)CBr)CC[C@@H]32)C1.C[C@@]1(O)CC[C@@]2(C)[C@@H](CC[C@@H]3[C@@H]2CC[C@]2(C)[C@@H](C(=O)Cn4cc(N)cn4)CC[C@@H]32)C1.C[C@@]1(O)CC[C@@]2(C)[C@@H](CC[C@@H]3[C@@H]2CC[C@]2(C)[C@@H](C(=O)Cn4cc([N+](=O)[O-])cn4)CC[C@@H]32)C1.O=[N+]([O-])c1cn[nH]c1. The third-order valence-corrected chi connectivity index (χ3v) is 42.4. The summed E-state index contributed by atoms with van der Waals surface area (Å²) >= 11 is 3.43. The first-order chi connectivity index (χ1) is 64.3. The van der Waals surface area contributed by atoms with Crippen molar-refractivity contribution in [3.8, 4) is 0 Å². The number of carbonyl (C=O) groups is 7. The van der Waals surface area contributed by atoms with E-state index in [0.29, 0.717) is 116 Å². The molecule has 0 unspecified atom stereocenters. The Labute approximate surface area is 827 Å². The third kappa shape index (κ3) is 21.6. The second-order valence-electron chi connectivity index (χ2n) is 49.7. The van der Waals surface area contributed by atoms with Gasteiger partial charge >= 0.3 is 23.3 Å². The molecule has 0 aliphatic heterocycles. The molecule has 16 saturated carbocycles. The molecule has 0 radical (unpaired) electrons. The summed E-state index contributed by atoms with van der Waals surface area (Å²) in [4.78, 5) is 103. The number of anilines is 2. The molecule has 20 rings (SSSR count). The number of Topliss-reactive ketones (excluding diaryl/α,β-unsaturated/α-hetero) is 4. The minimum absolute atomic E-state index is 0. The van der Waals surface area contributed by atoms with Crippen LogP contribution in [0.1, 0.15) is 342 Å². The number of nitrogens with two attached hydrogens (primary N) is 1. The van der Waals surface area contributed by atoms with E-state index in [-0.39, 0.29) is 88.9 Å². The van der Waals surface area contributed by atoms with Gasteiger partial charge in [-0.05, 0) is 397 Å². The molecule has 32 atom stereocenters. The second-order valence-corrected chi connectivity index (χ2v) is 50.2. The molecule has 16 aliphatic carbocycles. The fraction of sp³-hybridized carbons (Fsp3) is 0.824. The van der Waals surface area contributed by atoms with Crippen molar-refractivity contribution in [3.63, 3.8) is 0 Å². The maximum Gasteiger partial charge on any atom is 0.310 e. The van der Waals surface area contributed by atoms with Crippen molar-refractivity contribution in [2.45, 2.75) is 384 Å². The Balaban J connectivity index is 0.000000147. The zero-order valence-electron chi connectivity index (χ0n) is 85.1. The van der Waals surface area contributed by atoms with E-state index in [0.717, 1.165) is 164 Å². The number of hydrogen-bond donors (Lipinski definition) is 8. The number of nitro groups is 2. The zero-order chi connectivity index (χ0) is 99.7. The predicted molar refractivity (Wildman–Crippen MR) is 532 cm³/mol. The highest BCUT2D eigenvalue weighted by molar-refractivity contribution is 9.09. The number of carbonyl (C=O) groups excluding carboxylic acids is 7. The van der Waals surface area contributed by atoms with Crippen molar-refractivity contribution in [2.24, 2.45) is 162 Å². The van der Waals surface area contributed by atoms with Gasteiger partial charge in [-0.2, -0.15) is 20.4 Å². The fourth-order valence-electron chi connectivity index (χ4n) is 35.0. The van der Waals surface area contributed by atoms with E-state index in [1.807, 2.05) is 27.7 Å². The van der Waals surface area contributed by atoms with Gasteiger partial charge in [0.05, 0.1) is 80.6 Å². The van der Waals surface area contributed by atoms with E-state index in [9.17, 15) is 74.2 Å². The first kappa shape index (κ1) is 108. The number of esters is 2. The maximum atomic E-state index is 13.5. The number of aliphatic hydroxyl groups is 5. The van der Waals surface area contributed by atoms with Gasteiger partial charge in [0.25, 0.3) is 0 Å². The van der Waals surface area contributed by atoms with Crippen LogP contribution in [0, 0.1) is 182 Å². The number of alkyl halides is 1. The number of nitrogens with one attached hydrogen (secondary N) is 2. The number of hydrogen-bond acceptors (Lipinski definition) is 22. The topological polar surface area (TPSA) is 436 Å². The number of halogens is 1. The average Bonchev–Trinajstić information content (AvgIpc) is 1.44. The lowest BCUT2D eigenvalue weighted by Crippen LogP contribution is -2.55. The van der Waals surface area contributed by atoms with Gasteiger partial charge in [-0.15, -0.1) is 0 Å². The van der Waals surface area contributed by atoms with Crippen molar-refractivity contribution >= 4 is 79.7 Å². The summed E-state index contributed by atoms with van der Waals surface area (Å²) in [6, 6.07) is 0. The number of fused-ring (bicyclic) bond motifs is 20. The lowest BCUT2D eigenvalue weighted by molar-refractivity contribution is -0.385. The third-order valence-electron chi connectivity index (χ3n) is 41.9. The second kappa shape index (κ2) is 41.6. The number of nitrogens with zero attached hydrogens (tertiary/aromatic N) is 9. The van der Waals surface area contributed by atoms with Gasteiger partial charge in [0.1, 0.15) is 30.9 Å². The Morgan fingerprint density at radius 1 is 0.406 bits per heavy atom. The summed E-state index contributed by atoms with van der Waals surface area (Å²) in [7, 11) is 1.00. The summed E-state index contributed by atoms with van der Waals surface area (Å²) in [5.41, 5.74) is 7.04. The smallest absolute Gasteiger partial charge is 0.310 e. The van der Waals surface area contributed by atoms with Crippen LogP contribution in [0.3, 0.4) is 0 Å². The van der Waals surface area contributed by atoms with Crippen LogP contribution in [-0.2, 0) is 57.9 Å². The van der Waals surface area contributed by atoms with Gasteiger partial charge in [0, 0.05) is 63.9 Å². The summed E-state index contributed by atoms with van der Waals surface area (Å²) in [5, 5.41) is 92.0. The Morgan fingerprint density at radius 2 is 0.703 bits per heavy atom. The molecule has 16 aliphatic rings. The highest BCUT2D eigenvalue weighted by atomic mass is 79.9. The lowest BCUT2D eigenvalue weighted by Gasteiger charge is -2.61. The molecule has 16 fully saturated rings. The van der Waals surface area contributed by atoms with Crippen molar-refractivity contribution < 1.29 is 73.7 Å². The van der Waals surface area contributed by atoms with Crippen LogP contribution in [0.4, 0.5) is 22.7 Å². The number of amides is 1. The Kier molecular flexibility index (Phi) is 32.7. The number of aliphatic hydroxyl groups excluding tert-OH is 1. The molecular formula is C108H169BrN12O17. The van der Waals surface area contributed by atoms with E-state index < -0.39 is 44.2 Å². The van der Waals surface area contributed by atoms with E-state index in [2.05, 4.69) is 107 Å². The summed E-state index contributed by atoms with van der Waals surface area (Å²) < 4.78 is 8.79. The molecule has 9 N–H and O–H groups in total. The molecule has 1 amide bonds. The number of aromatic amines is 1. The Morgan fingerprint density at radius 3 is 0.964 bits per heavy atom. The Bertz CT molecular complexity index is 4970. The molecular weight excluding hydrogens is 1820 g/mol. The minimum atomic E-state index is -0.562. The summed E-state index contributed by atoms with van der Waals surface area (Å²) in [6.45, 7) is 32.4. The molecule has 4 aromatic rings. The highest BCUT2D eigenvalue weighted by Gasteiger charge is 2.68. The van der Waals surface area contributed by atoms with Gasteiger partial charge in [-0.1, -0.05) is 78.7 Å². The molecule has 770 valence electrons. The van der Waals surface area contributed by atoms with Gasteiger partial charge in [0.2, 0.25) is 5.91 Å². The van der Waals surface area contributed by atoms with Gasteiger partial charge in [0.15, 0.2) is 17.3 Å². The van der Waals surface area contributed by atoms with Crippen LogP contribution in [-0.4, -0.2) is 151 Å². The van der Waals surface area contributed by atoms with Crippen LogP contribution in [0.25, 0.3) is 0 Å². The van der Waals surface area contributed by atoms with Crippen molar-refractivity contribution in [2.75, 3.05) is 23.5 Å². The minimum Gasteiger partial charge on any atom is -0.400 e. The molecule has 4 aromatic heterocycles. The molecule has 138 heavy (non-hydrogen) atoms. The lowest BCUT2D eigenvalue weighted by atomic mass is 9.44. The van der Waals surface area contributed by atoms with Gasteiger partial charge in [-0.25, -0.2) is 0 Å². The number of nitrogen functional groups attached to an aromatic ring is 1. The maximum absolute atomic E-state index is 13.5. The first-order valence-corrected chi connectivity index (χ1v) is 53.5. The largest absolute Gasteiger partial charge is 0.400 e. The van der Waals surface area contributed by atoms with Crippen LogP contribution >= 0.6 is 15.9 Å². The van der Waals surface area contributed by atoms with E-state index in [1.54, 1.807) is 34.2 Å². The molecule has 4 heterocycles. The summed E-state index contributed by atoms with van der Waals surface area (Å²) in [5.74, 6) is 11.9. The summed E-state index contributed by atoms with van der Waals surface area (Å²) in [6.07, 6.45) is 52.5. The quantitative estimate of drug-likeness (QED) is 0.0191. The van der Waals surface area contributed by atoms with E-state index >= 15 is 0 Å². The Hall–Kier alpha value is -6.99. The zero-order valence-corrected chi connectivity index (χ0v) is 86.7. The monoisotopic (exact) mass is 1990 g/mol. The van der Waals surface area contributed by atoms with Gasteiger partial charge in [-0.3, -0.25) is 72.9 Å². The molecule has 29 nitrogen and oxygen atoms in total. The van der Waals surface area contributed by atoms with Crippen LogP contribution in [0.5, 0.6) is 0 Å². The van der Waals surface area contributed by atoms with Crippen molar-refractivity contribution in [1.29, 1.82) is 0 Å².